The van der Waals surface area contributed by atoms with E-state index in [1.807, 2.05) is 42.5 Å². The molecule has 0 unspecified atom stereocenters. The van der Waals surface area contributed by atoms with Crippen LogP contribution in [0, 0.1) is 0 Å². The molecule has 1 heterocycles. The third kappa shape index (κ3) is 3.90. The number of tetrazole rings is 1. The second kappa shape index (κ2) is 7.61. The largest absolute Gasteiger partial charge is 0.457 e. The normalized spacial score (nSPS) is 10.5. The fourth-order valence-electron chi connectivity index (χ4n) is 2.69. The third-order valence-corrected chi connectivity index (χ3v) is 4.15. The Labute approximate surface area is 156 Å². The number of rotatable bonds is 5. The average Bonchev–Trinajstić information content (AvgIpc) is 3.28. The molecule has 0 aliphatic rings. The number of aromatic nitrogens is 4. The molecule has 132 valence electrons. The number of carbonyl (C=O) groups excluding carboxylic acids is 1. The first-order valence-electron chi connectivity index (χ1n) is 8.44. The maximum atomic E-state index is 12.2. The van der Waals surface area contributed by atoms with E-state index in [0.29, 0.717) is 5.56 Å². The molecule has 0 saturated heterocycles. The summed E-state index contributed by atoms with van der Waals surface area (Å²) < 4.78 is 6.92. The van der Waals surface area contributed by atoms with Gasteiger partial charge in [-0.3, -0.25) is 0 Å². The van der Waals surface area contributed by atoms with Crippen molar-refractivity contribution in [2.45, 2.75) is 6.61 Å². The van der Waals surface area contributed by atoms with Crippen LogP contribution in [-0.4, -0.2) is 26.2 Å². The molecule has 0 saturated carbocycles. The summed E-state index contributed by atoms with van der Waals surface area (Å²) in [5, 5.41) is 11.0. The summed E-state index contributed by atoms with van der Waals surface area (Å²) in [6.07, 6.45) is 1.49. The molecule has 0 amide bonds. The molecule has 27 heavy (non-hydrogen) atoms. The highest BCUT2D eigenvalue weighted by atomic mass is 16.5. The quantitative estimate of drug-likeness (QED) is 0.510. The van der Waals surface area contributed by atoms with Gasteiger partial charge in [0.2, 0.25) is 0 Å². The van der Waals surface area contributed by atoms with Gasteiger partial charge in [0, 0.05) is 0 Å². The molecule has 6 nitrogen and oxygen atoms in total. The Morgan fingerprint density at radius 1 is 0.852 bits per heavy atom. The molecule has 0 bridgehead atoms. The van der Waals surface area contributed by atoms with Gasteiger partial charge >= 0.3 is 5.97 Å². The number of esters is 1. The second-order valence-electron chi connectivity index (χ2n) is 5.94. The van der Waals surface area contributed by atoms with Gasteiger partial charge in [-0.2, -0.15) is 0 Å². The first kappa shape index (κ1) is 16.7. The van der Waals surface area contributed by atoms with E-state index >= 15 is 0 Å². The molecular formula is C21H16N4O2. The van der Waals surface area contributed by atoms with E-state index in [-0.39, 0.29) is 12.6 Å². The molecule has 3 aromatic carbocycles. The van der Waals surface area contributed by atoms with Crippen LogP contribution < -0.4 is 0 Å². The number of benzene rings is 3. The average molecular weight is 356 g/mol. The van der Waals surface area contributed by atoms with Crippen molar-refractivity contribution in [3.63, 3.8) is 0 Å². The molecule has 0 fully saturated rings. The zero-order valence-corrected chi connectivity index (χ0v) is 14.4. The highest BCUT2D eigenvalue weighted by Crippen LogP contribution is 2.19. The minimum absolute atomic E-state index is 0.225. The lowest BCUT2D eigenvalue weighted by Gasteiger charge is -2.07. The highest BCUT2D eigenvalue weighted by molar-refractivity contribution is 5.89. The molecule has 6 heteroatoms. The Bertz CT molecular complexity index is 1010. The van der Waals surface area contributed by atoms with Crippen LogP contribution in [-0.2, 0) is 11.3 Å². The first-order chi connectivity index (χ1) is 13.3. The highest BCUT2D eigenvalue weighted by Gasteiger charge is 2.08. The molecule has 0 aliphatic heterocycles. The van der Waals surface area contributed by atoms with Crippen molar-refractivity contribution in [3.8, 4) is 16.8 Å². The van der Waals surface area contributed by atoms with Gasteiger partial charge in [0.05, 0.1) is 11.3 Å². The SMILES string of the molecule is O=C(OCc1ccc(-c2ccccc2)cc1)c1ccc(-n2cnnn2)cc1. The van der Waals surface area contributed by atoms with Gasteiger partial charge < -0.3 is 4.74 Å². The molecule has 0 radical (unpaired) electrons. The van der Waals surface area contributed by atoms with Crippen LogP contribution in [0.3, 0.4) is 0 Å². The number of ether oxygens (including phenoxy) is 1. The molecule has 0 atom stereocenters. The van der Waals surface area contributed by atoms with Crippen molar-refractivity contribution in [2.75, 3.05) is 0 Å². The van der Waals surface area contributed by atoms with Gasteiger partial charge in [-0.05, 0) is 51.4 Å². The van der Waals surface area contributed by atoms with Crippen molar-refractivity contribution >= 4 is 5.97 Å². The minimum Gasteiger partial charge on any atom is -0.457 e. The standard InChI is InChI=1S/C21H16N4O2/c26-21(19-10-12-20(13-11-19)25-15-22-23-24-25)27-14-16-6-8-18(9-7-16)17-4-2-1-3-5-17/h1-13,15H,14H2. The van der Waals surface area contributed by atoms with Gasteiger partial charge in [-0.25, -0.2) is 9.48 Å². The predicted octanol–water partition coefficient (Wildman–Crippen LogP) is 3.69. The Balaban J connectivity index is 1.37. The second-order valence-corrected chi connectivity index (χ2v) is 5.94. The molecule has 4 rings (SSSR count). The van der Waals surface area contributed by atoms with Gasteiger partial charge in [0.25, 0.3) is 0 Å². The molecule has 0 aliphatic carbocycles. The van der Waals surface area contributed by atoms with Crippen LogP contribution in [0.1, 0.15) is 15.9 Å². The van der Waals surface area contributed by atoms with Crippen molar-refractivity contribution in [3.05, 3.63) is 96.3 Å². The summed E-state index contributed by atoms with van der Waals surface area (Å²) in [7, 11) is 0. The molecule has 0 N–H and O–H groups in total. The molecule has 0 spiro atoms. The lowest BCUT2D eigenvalue weighted by molar-refractivity contribution is 0.0473. The maximum absolute atomic E-state index is 12.2. The van der Waals surface area contributed by atoms with Gasteiger partial charge in [-0.1, -0.05) is 54.6 Å². The minimum atomic E-state index is -0.370. The molecular weight excluding hydrogens is 340 g/mol. The van der Waals surface area contributed by atoms with Crippen molar-refractivity contribution in [1.82, 2.24) is 20.2 Å². The van der Waals surface area contributed by atoms with Crippen LogP contribution in [0.25, 0.3) is 16.8 Å². The van der Waals surface area contributed by atoms with Crippen molar-refractivity contribution in [2.24, 2.45) is 0 Å². The Hall–Kier alpha value is -3.80. The summed E-state index contributed by atoms with van der Waals surface area (Å²) >= 11 is 0. The van der Waals surface area contributed by atoms with E-state index in [2.05, 4.69) is 27.7 Å². The van der Waals surface area contributed by atoms with E-state index in [4.69, 9.17) is 4.74 Å². The van der Waals surface area contributed by atoms with E-state index in [1.165, 1.54) is 11.0 Å². The smallest absolute Gasteiger partial charge is 0.338 e. The maximum Gasteiger partial charge on any atom is 0.338 e. The van der Waals surface area contributed by atoms with Crippen molar-refractivity contribution in [1.29, 1.82) is 0 Å². The van der Waals surface area contributed by atoms with Crippen LogP contribution in [0.2, 0.25) is 0 Å². The fourth-order valence-corrected chi connectivity index (χ4v) is 2.69. The number of hydrogen-bond acceptors (Lipinski definition) is 5. The van der Waals surface area contributed by atoms with E-state index in [0.717, 1.165) is 22.4 Å². The zero-order chi connectivity index (χ0) is 18.5. The van der Waals surface area contributed by atoms with E-state index < -0.39 is 0 Å². The van der Waals surface area contributed by atoms with Crippen LogP contribution in [0.15, 0.2) is 85.2 Å². The van der Waals surface area contributed by atoms with Gasteiger partial charge in [0.15, 0.2) is 0 Å². The summed E-state index contributed by atoms with van der Waals surface area (Å²) in [5.74, 6) is -0.370. The zero-order valence-electron chi connectivity index (χ0n) is 14.4. The summed E-state index contributed by atoms with van der Waals surface area (Å²) in [4.78, 5) is 12.2. The lowest BCUT2D eigenvalue weighted by Crippen LogP contribution is -2.05. The number of nitrogens with zero attached hydrogens (tertiary/aromatic N) is 4. The van der Waals surface area contributed by atoms with Crippen molar-refractivity contribution < 1.29 is 9.53 Å². The topological polar surface area (TPSA) is 69.9 Å². The van der Waals surface area contributed by atoms with Crippen LogP contribution in [0.5, 0.6) is 0 Å². The summed E-state index contributed by atoms with van der Waals surface area (Å²) in [6.45, 7) is 0.225. The van der Waals surface area contributed by atoms with E-state index in [9.17, 15) is 4.79 Å². The number of hydrogen-bond donors (Lipinski definition) is 0. The summed E-state index contributed by atoms with van der Waals surface area (Å²) in [6, 6.07) is 25.0. The van der Waals surface area contributed by atoms with Crippen LogP contribution in [0.4, 0.5) is 0 Å². The predicted molar refractivity (Wildman–Crippen MR) is 100 cm³/mol. The Kier molecular flexibility index (Phi) is 4.70. The Morgan fingerprint density at radius 2 is 1.56 bits per heavy atom. The summed E-state index contributed by atoms with van der Waals surface area (Å²) in [5.41, 5.74) is 4.47. The number of carbonyl (C=O) groups is 1. The Morgan fingerprint density at radius 3 is 2.22 bits per heavy atom. The van der Waals surface area contributed by atoms with Crippen LogP contribution >= 0.6 is 0 Å². The third-order valence-electron chi connectivity index (χ3n) is 4.15. The monoisotopic (exact) mass is 356 g/mol. The lowest BCUT2D eigenvalue weighted by atomic mass is 10.0. The molecule has 1 aromatic heterocycles. The molecule has 4 aromatic rings. The van der Waals surface area contributed by atoms with E-state index in [1.54, 1.807) is 24.3 Å². The van der Waals surface area contributed by atoms with Gasteiger partial charge in [-0.15, -0.1) is 5.10 Å². The first-order valence-corrected chi connectivity index (χ1v) is 8.44. The van der Waals surface area contributed by atoms with Gasteiger partial charge in [0.1, 0.15) is 12.9 Å². The fraction of sp³-hybridized carbons (Fsp3) is 0.0476.